The van der Waals surface area contributed by atoms with Gasteiger partial charge < -0.3 is 5.73 Å². The fourth-order valence-electron chi connectivity index (χ4n) is 4.84. The van der Waals surface area contributed by atoms with E-state index >= 15 is 0 Å². The van der Waals surface area contributed by atoms with Crippen molar-refractivity contribution in [2.75, 3.05) is 26.2 Å². The monoisotopic (exact) mass is 279 g/mol. The van der Waals surface area contributed by atoms with E-state index in [0.717, 1.165) is 23.9 Å². The molecule has 2 aliphatic heterocycles. The van der Waals surface area contributed by atoms with Crippen LogP contribution in [0.5, 0.6) is 0 Å². The summed E-state index contributed by atoms with van der Waals surface area (Å²) in [6.07, 6.45) is 8.09. The molecule has 2 saturated heterocycles. The lowest BCUT2D eigenvalue weighted by Gasteiger charge is -2.40. The lowest BCUT2D eigenvalue weighted by atomic mass is 9.79. The average molecular weight is 279 g/mol. The normalized spacial score (nSPS) is 42.1. The molecule has 3 heteroatoms. The fourth-order valence-corrected chi connectivity index (χ4v) is 4.84. The molecular weight excluding hydrogens is 246 g/mol. The average Bonchev–Trinajstić information content (AvgIpc) is 2.89. The SMILES string of the molecule is CC1CCC(N2CCC(N3CCC(N)CC3)C2)C(C)C1. The first-order chi connectivity index (χ1) is 9.63. The second kappa shape index (κ2) is 6.33. The molecular formula is C17H33N3. The van der Waals surface area contributed by atoms with E-state index in [4.69, 9.17) is 5.73 Å². The molecule has 3 fully saturated rings. The molecule has 0 spiro atoms. The van der Waals surface area contributed by atoms with Gasteiger partial charge in [-0.15, -0.1) is 0 Å². The van der Waals surface area contributed by atoms with Crippen LogP contribution in [0.1, 0.15) is 52.4 Å². The smallest absolute Gasteiger partial charge is 0.0235 e. The maximum Gasteiger partial charge on any atom is 0.0235 e. The van der Waals surface area contributed by atoms with Crippen molar-refractivity contribution >= 4 is 0 Å². The Kier molecular flexibility index (Phi) is 4.68. The zero-order valence-corrected chi connectivity index (χ0v) is 13.4. The second-order valence-corrected chi connectivity index (χ2v) is 7.77. The van der Waals surface area contributed by atoms with E-state index in [1.54, 1.807) is 0 Å². The van der Waals surface area contributed by atoms with Gasteiger partial charge >= 0.3 is 0 Å². The standard InChI is InChI=1S/C17H33N3/c1-13-3-4-17(14(2)11-13)20-10-7-16(12-20)19-8-5-15(18)6-9-19/h13-17H,3-12,18H2,1-2H3. The summed E-state index contributed by atoms with van der Waals surface area (Å²) >= 11 is 0. The molecule has 116 valence electrons. The summed E-state index contributed by atoms with van der Waals surface area (Å²) in [5.41, 5.74) is 6.03. The molecule has 0 aromatic rings. The molecule has 0 bridgehead atoms. The van der Waals surface area contributed by atoms with E-state index in [1.165, 1.54) is 64.7 Å². The van der Waals surface area contributed by atoms with Crippen LogP contribution in [0.4, 0.5) is 0 Å². The molecule has 20 heavy (non-hydrogen) atoms. The van der Waals surface area contributed by atoms with Gasteiger partial charge in [0.2, 0.25) is 0 Å². The third-order valence-corrected chi connectivity index (χ3v) is 6.14. The molecule has 1 aliphatic carbocycles. The Hall–Kier alpha value is -0.120. The maximum absolute atomic E-state index is 6.03. The molecule has 2 N–H and O–H groups in total. The van der Waals surface area contributed by atoms with Crippen LogP contribution < -0.4 is 5.73 Å². The van der Waals surface area contributed by atoms with E-state index in [0.29, 0.717) is 6.04 Å². The first kappa shape index (κ1) is 14.8. The zero-order valence-electron chi connectivity index (χ0n) is 13.4. The van der Waals surface area contributed by atoms with Crippen LogP contribution in [0.25, 0.3) is 0 Å². The van der Waals surface area contributed by atoms with E-state index < -0.39 is 0 Å². The minimum atomic E-state index is 0.462. The minimum absolute atomic E-state index is 0.462. The van der Waals surface area contributed by atoms with Crippen LogP contribution in [0.15, 0.2) is 0 Å². The molecule has 3 nitrogen and oxygen atoms in total. The summed E-state index contributed by atoms with van der Waals surface area (Å²) < 4.78 is 0. The molecule has 4 unspecified atom stereocenters. The van der Waals surface area contributed by atoms with Crippen LogP contribution in [0.3, 0.4) is 0 Å². The summed E-state index contributed by atoms with van der Waals surface area (Å²) in [4.78, 5) is 5.54. The van der Waals surface area contributed by atoms with Crippen LogP contribution in [-0.2, 0) is 0 Å². The van der Waals surface area contributed by atoms with Crippen molar-refractivity contribution in [3.05, 3.63) is 0 Å². The number of nitrogens with zero attached hydrogens (tertiary/aromatic N) is 2. The molecule has 4 atom stereocenters. The molecule has 0 radical (unpaired) electrons. The number of hydrogen-bond acceptors (Lipinski definition) is 3. The minimum Gasteiger partial charge on any atom is -0.328 e. The van der Waals surface area contributed by atoms with Gasteiger partial charge in [0.15, 0.2) is 0 Å². The Morgan fingerprint density at radius 3 is 2.25 bits per heavy atom. The molecule has 1 saturated carbocycles. The predicted octanol–water partition coefficient (Wildman–Crippen LogP) is 2.31. The van der Waals surface area contributed by atoms with Crippen molar-refractivity contribution in [3.63, 3.8) is 0 Å². The Bertz CT molecular complexity index is 311. The van der Waals surface area contributed by atoms with Crippen molar-refractivity contribution in [2.24, 2.45) is 17.6 Å². The van der Waals surface area contributed by atoms with Gasteiger partial charge in [-0.25, -0.2) is 0 Å². The number of piperidine rings is 1. The summed E-state index contributed by atoms with van der Waals surface area (Å²) in [6, 6.07) is 2.14. The molecule has 0 aromatic heterocycles. The van der Waals surface area contributed by atoms with Gasteiger partial charge in [-0.3, -0.25) is 9.80 Å². The Morgan fingerprint density at radius 2 is 1.55 bits per heavy atom. The second-order valence-electron chi connectivity index (χ2n) is 7.77. The van der Waals surface area contributed by atoms with Crippen LogP contribution >= 0.6 is 0 Å². The van der Waals surface area contributed by atoms with Crippen molar-refractivity contribution in [3.8, 4) is 0 Å². The lowest BCUT2D eigenvalue weighted by Crippen LogP contribution is -2.47. The van der Waals surface area contributed by atoms with Crippen molar-refractivity contribution in [2.45, 2.75) is 70.5 Å². The van der Waals surface area contributed by atoms with Crippen LogP contribution in [0.2, 0.25) is 0 Å². The van der Waals surface area contributed by atoms with Gasteiger partial charge in [-0.05, 0) is 63.5 Å². The van der Waals surface area contributed by atoms with Gasteiger partial charge in [0.25, 0.3) is 0 Å². The highest BCUT2D eigenvalue weighted by Gasteiger charge is 2.36. The number of nitrogens with two attached hydrogens (primary N) is 1. The van der Waals surface area contributed by atoms with Gasteiger partial charge in [-0.2, -0.15) is 0 Å². The molecule has 0 aromatic carbocycles. The lowest BCUT2D eigenvalue weighted by molar-refractivity contribution is 0.0975. The largest absolute Gasteiger partial charge is 0.328 e. The Balaban J connectivity index is 1.51. The number of likely N-dealkylation sites (tertiary alicyclic amines) is 2. The first-order valence-electron chi connectivity index (χ1n) is 8.87. The third kappa shape index (κ3) is 3.20. The maximum atomic E-state index is 6.03. The molecule has 2 heterocycles. The fraction of sp³-hybridized carbons (Fsp3) is 1.00. The van der Waals surface area contributed by atoms with Crippen molar-refractivity contribution in [1.82, 2.24) is 9.80 Å². The van der Waals surface area contributed by atoms with E-state index in [9.17, 15) is 0 Å². The highest BCUT2D eigenvalue weighted by atomic mass is 15.3. The van der Waals surface area contributed by atoms with Gasteiger partial charge in [0, 0.05) is 31.2 Å². The Morgan fingerprint density at radius 1 is 0.850 bits per heavy atom. The van der Waals surface area contributed by atoms with E-state index in [-0.39, 0.29) is 0 Å². The van der Waals surface area contributed by atoms with E-state index in [1.807, 2.05) is 0 Å². The topological polar surface area (TPSA) is 32.5 Å². The van der Waals surface area contributed by atoms with Gasteiger partial charge in [-0.1, -0.05) is 13.8 Å². The highest BCUT2D eigenvalue weighted by Crippen LogP contribution is 2.34. The summed E-state index contributed by atoms with van der Waals surface area (Å²) in [7, 11) is 0. The van der Waals surface area contributed by atoms with Gasteiger partial charge in [0.05, 0.1) is 0 Å². The van der Waals surface area contributed by atoms with E-state index in [2.05, 4.69) is 23.6 Å². The predicted molar refractivity (Wildman–Crippen MR) is 84.7 cm³/mol. The summed E-state index contributed by atoms with van der Waals surface area (Å²) in [5.74, 6) is 1.84. The number of rotatable bonds is 2. The van der Waals surface area contributed by atoms with Crippen molar-refractivity contribution < 1.29 is 0 Å². The molecule has 0 amide bonds. The van der Waals surface area contributed by atoms with Crippen LogP contribution in [-0.4, -0.2) is 54.1 Å². The Labute approximate surface area is 124 Å². The quantitative estimate of drug-likeness (QED) is 0.842. The van der Waals surface area contributed by atoms with Gasteiger partial charge in [0.1, 0.15) is 0 Å². The highest BCUT2D eigenvalue weighted by molar-refractivity contribution is 4.92. The molecule has 3 rings (SSSR count). The van der Waals surface area contributed by atoms with Crippen molar-refractivity contribution in [1.29, 1.82) is 0 Å². The van der Waals surface area contributed by atoms with Crippen LogP contribution in [0, 0.1) is 11.8 Å². The first-order valence-corrected chi connectivity index (χ1v) is 8.87. The summed E-state index contributed by atoms with van der Waals surface area (Å²) in [6.45, 7) is 10.0. The number of hydrogen-bond donors (Lipinski definition) is 1. The zero-order chi connectivity index (χ0) is 14.1. The molecule has 3 aliphatic rings. The third-order valence-electron chi connectivity index (χ3n) is 6.14. The summed E-state index contributed by atoms with van der Waals surface area (Å²) in [5, 5.41) is 0.